The van der Waals surface area contributed by atoms with Gasteiger partial charge in [0.1, 0.15) is 23.6 Å². The minimum atomic E-state index is -0.217. The molecule has 3 N–H and O–H groups in total. The Kier molecular flexibility index (Phi) is 4.77. The van der Waals surface area contributed by atoms with Gasteiger partial charge in [0, 0.05) is 5.69 Å². The number of nitriles is 2. The van der Waals surface area contributed by atoms with E-state index in [2.05, 4.69) is 10.3 Å². The molecule has 0 aliphatic heterocycles. The zero-order valence-corrected chi connectivity index (χ0v) is 9.71. The number of rotatable bonds is 4. The lowest BCUT2D eigenvalue weighted by Gasteiger charge is -2.02. The second-order valence-electron chi connectivity index (χ2n) is 3.12. The van der Waals surface area contributed by atoms with Gasteiger partial charge in [0.15, 0.2) is 5.70 Å². The first-order chi connectivity index (χ1) is 8.71. The predicted molar refractivity (Wildman–Crippen MR) is 67.5 cm³/mol. The molecule has 0 bridgehead atoms. The predicted octanol–water partition coefficient (Wildman–Crippen LogP) is 1.35. The van der Waals surface area contributed by atoms with E-state index < -0.39 is 0 Å². The fraction of sp³-hybridized carbons (Fsp3) is 0.0833. The number of anilines is 1. The topological polar surface area (TPSA) is 107 Å². The van der Waals surface area contributed by atoms with Crippen LogP contribution in [0.2, 0.25) is 0 Å². The highest BCUT2D eigenvalue weighted by Crippen LogP contribution is 2.14. The van der Waals surface area contributed by atoms with Crippen molar-refractivity contribution in [1.29, 1.82) is 10.5 Å². The van der Waals surface area contributed by atoms with Gasteiger partial charge in [-0.05, 0) is 24.3 Å². The number of nitrogens with one attached hydrogen (secondary N) is 1. The summed E-state index contributed by atoms with van der Waals surface area (Å²) >= 11 is 0. The van der Waals surface area contributed by atoms with Crippen LogP contribution in [0.25, 0.3) is 0 Å². The number of methoxy groups -OCH3 is 1. The third-order valence-electron chi connectivity index (χ3n) is 2.00. The quantitative estimate of drug-likeness (QED) is 0.470. The second-order valence-corrected chi connectivity index (χ2v) is 3.12. The van der Waals surface area contributed by atoms with Crippen LogP contribution >= 0.6 is 0 Å². The summed E-state index contributed by atoms with van der Waals surface area (Å²) in [6.45, 7) is 0. The molecule has 1 rings (SSSR count). The summed E-state index contributed by atoms with van der Waals surface area (Å²) in [6, 6.07) is 10.5. The van der Waals surface area contributed by atoms with E-state index in [1.807, 2.05) is 0 Å². The SMILES string of the molecule is COc1ccc(NC=NC(C#N)=C(N)C#N)cc1. The number of aliphatic imine (C=N–C) groups is 1. The Morgan fingerprint density at radius 3 is 2.50 bits per heavy atom. The van der Waals surface area contributed by atoms with Crippen molar-refractivity contribution in [2.24, 2.45) is 10.7 Å². The first-order valence-electron chi connectivity index (χ1n) is 4.94. The van der Waals surface area contributed by atoms with E-state index in [9.17, 15) is 0 Å². The van der Waals surface area contributed by atoms with E-state index in [4.69, 9.17) is 21.0 Å². The zero-order valence-electron chi connectivity index (χ0n) is 9.71. The van der Waals surface area contributed by atoms with Gasteiger partial charge in [-0.2, -0.15) is 10.5 Å². The van der Waals surface area contributed by atoms with Crippen molar-refractivity contribution in [1.82, 2.24) is 0 Å². The summed E-state index contributed by atoms with van der Waals surface area (Å²) in [5, 5.41) is 20.1. The maximum Gasteiger partial charge on any atom is 0.175 e. The van der Waals surface area contributed by atoms with Gasteiger partial charge in [-0.1, -0.05) is 0 Å². The molecule has 6 nitrogen and oxygen atoms in total. The van der Waals surface area contributed by atoms with Crippen LogP contribution in [0.5, 0.6) is 5.75 Å². The molecule has 0 radical (unpaired) electrons. The van der Waals surface area contributed by atoms with Crippen LogP contribution in [0.1, 0.15) is 0 Å². The molecule has 0 aliphatic carbocycles. The monoisotopic (exact) mass is 241 g/mol. The Morgan fingerprint density at radius 1 is 1.33 bits per heavy atom. The lowest BCUT2D eigenvalue weighted by Crippen LogP contribution is -2.00. The number of hydrogen-bond donors (Lipinski definition) is 2. The number of benzene rings is 1. The van der Waals surface area contributed by atoms with Gasteiger partial charge in [-0.25, -0.2) is 4.99 Å². The van der Waals surface area contributed by atoms with Gasteiger partial charge in [0.25, 0.3) is 0 Å². The molecule has 18 heavy (non-hydrogen) atoms. The minimum Gasteiger partial charge on any atom is -0.497 e. The Balaban J connectivity index is 2.71. The zero-order chi connectivity index (χ0) is 13.4. The van der Waals surface area contributed by atoms with E-state index in [-0.39, 0.29) is 11.4 Å². The standard InChI is InChI=1S/C12H11N5O/c1-18-10-4-2-9(3-5-10)16-8-17-12(7-14)11(15)6-13/h2-5,8H,15H2,1H3,(H,16,17). The van der Waals surface area contributed by atoms with Gasteiger partial charge in [0.05, 0.1) is 13.4 Å². The average molecular weight is 241 g/mol. The lowest BCUT2D eigenvalue weighted by molar-refractivity contribution is 0.415. The van der Waals surface area contributed by atoms with Crippen molar-refractivity contribution < 1.29 is 4.74 Å². The van der Waals surface area contributed by atoms with Crippen LogP contribution in [0.3, 0.4) is 0 Å². The van der Waals surface area contributed by atoms with Crippen LogP contribution in [0.4, 0.5) is 5.69 Å². The molecule has 90 valence electrons. The largest absolute Gasteiger partial charge is 0.497 e. The number of nitrogens with zero attached hydrogens (tertiary/aromatic N) is 3. The summed E-state index contributed by atoms with van der Waals surface area (Å²) < 4.78 is 5.01. The molecule has 0 spiro atoms. The van der Waals surface area contributed by atoms with E-state index in [0.29, 0.717) is 0 Å². The summed E-state index contributed by atoms with van der Waals surface area (Å²) in [5.41, 5.74) is 5.71. The molecule has 1 aromatic carbocycles. The number of allylic oxidation sites excluding steroid dienone is 2. The highest BCUT2D eigenvalue weighted by atomic mass is 16.5. The fourth-order valence-electron chi connectivity index (χ4n) is 1.07. The molecule has 6 heteroatoms. The lowest BCUT2D eigenvalue weighted by atomic mass is 10.3. The van der Waals surface area contributed by atoms with Crippen molar-refractivity contribution in [2.75, 3.05) is 12.4 Å². The summed E-state index contributed by atoms with van der Waals surface area (Å²) in [5.74, 6) is 0.740. The summed E-state index contributed by atoms with van der Waals surface area (Å²) in [6.07, 6.45) is 1.30. The van der Waals surface area contributed by atoms with Crippen molar-refractivity contribution in [3.8, 4) is 17.9 Å². The first kappa shape index (κ1) is 13.1. The van der Waals surface area contributed by atoms with Gasteiger partial charge in [0.2, 0.25) is 0 Å². The maximum atomic E-state index is 8.70. The normalized spacial score (nSPS) is 11.3. The highest BCUT2D eigenvalue weighted by Gasteiger charge is 1.98. The van der Waals surface area contributed by atoms with E-state index >= 15 is 0 Å². The molecule has 0 saturated heterocycles. The average Bonchev–Trinajstić information content (AvgIpc) is 2.43. The van der Waals surface area contributed by atoms with E-state index in [1.165, 1.54) is 6.34 Å². The molecule has 0 aliphatic rings. The van der Waals surface area contributed by atoms with Crippen LogP contribution in [0, 0.1) is 22.7 Å². The third-order valence-corrected chi connectivity index (χ3v) is 2.00. The number of ether oxygens (including phenoxy) is 1. The van der Waals surface area contributed by atoms with Crippen LogP contribution in [0.15, 0.2) is 40.7 Å². The molecule has 0 unspecified atom stereocenters. The summed E-state index contributed by atoms with van der Waals surface area (Å²) in [4.78, 5) is 3.75. The van der Waals surface area contributed by atoms with E-state index in [0.717, 1.165) is 11.4 Å². The molecule has 1 aromatic rings. The molecule has 0 atom stereocenters. The number of nitrogens with two attached hydrogens (primary N) is 1. The number of hydrogen-bond acceptors (Lipinski definition) is 5. The Bertz CT molecular complexity index is 545. The fourth-order valence-corrected chi connectivity index (χ4v) is 1.07. The Labute approximate surface area is 105 Å². The molecule has 0 aromatic heterocycles. The second kappa shape index (κ2) is 6.56. The highest BCUT2D eigenvalue weighted by molar-refractivity contribution is 5.77. The van der Waals surface area contributed by atoms with Crippen molar-refractivity contribution in [2.45, 2.75) is 0 Å². The first-order valence-corrected chi connectivity index (χ1v) is 4.94. The van der Waals surface area contributed by atoms with Crippen LogP contribution in [-0.2, 0) is 0 Å². The molecular weight excluding hydrogens is 230 g/mol. The summed E-state index contributed by atoms with van der Waals surface area (Å²) in [7, 11) is 1.58. The van der Waals surface area contributed by atoms with Crippen molar-refractivity contribution in [3.05, 3.63) is 35.7 Å². The molecule has 0 fully saturated rings. The maximum absolute atomic E-state index is 8.70. The van der Waals surface area contributed by atoms with Gasteiger partial charge >= 0.3 is 0 Å². The van der Waals surface area contributed by atoms with Crippen LogP contribution in [-0.4, -0.2) is 13.4 Å². The Morgan fingerprint density at radius 2 is 2.00 bits per heavy atom. The van der Waals surface area contributed by atoms with Crippen molar-refractivity contribution >= 4 is 12.0 Å². The molecule has 0 amide bonds. The third kappa shape index (κ3) is 3.54. The van der Waals surface area contributed by atoms with Crippen LogP contribution < -0.4 is 15.8 Å². The Hall–Kier alpha value is -2.99. The van der Waals surface area contributed by atoms with Gasteiger partial charge in [-0.3, -0.25) is 0 Å². The molecule has 0 saturated carbocycles. The van der Waals surface area contributed by atoms with Crippen molar-refractivity contribution in [3.63, 3.8) is 0 Å². The van der Waals surface area contributed by atoms with Gasteiger partial charge < -0.3 is 15.8 Å². The van der Waals surface area contributed by atoms with Gasteiger partial charge in [-0.15, -0.1) is 0 Å². The molecule has 0 heterocycles. The molecular formula is C12H11N5O. The minimum absolute atomic E-state index is 0.126. The smallest absolute Gasteiger partial charge is 0.175 e. The van der Waals surface area contributed by atoms with E-state index in [1.54, 1.807) is 43.5 Å².